The minimum atomic E-state index is -0.495. The summed E-state index contributed by atoms with van der Waals surface area (Å²) in [6, 6.07) is 10.5. The second kappa shape index (κ2) is 3.76. The van der Waals surface area contributed by atoms with Crippen LogP contribution in [-0.4, -0.2) is 5.24 Å². The number of carbonyl (C=O) groups is 1. The van der Waals surface area contributed by atoms with E-state index in [1.807, 2.05) is 12.1 Å². The highest BCUT2D eigenvalue weighted by Gasteiger charge is 2.10. The summed E-state index contributed by atoms with van der Waals surface area (Å²) in [5.41, 5.74) is 1.79. The van der Waals surface area contributed by atoms with Crippen LogP contribution in [0.3, 0.4) is 0 Å². The number of hydrogen-bond acceptors (Lipinski definition) is 2. The molecule has 0 radical (unpaired) electrons. The predicted molar refractivity (Wildman–Crippen MR) is 68.9 cm³/mol. The summed E-state index contributed by atoms with van der Waals surface area (Å²) in [5, 5.41) is 2.01. The third-order valence-corrected chi connectivity index (χ3v) is 3.11. The van der Waals surface area contributed by atoms with Crippen LogP contribution in [0.2, 0.25) is 5.02 Å². The van der Waals surface area contributed by atoms with Gasteiger partial charge >= 0.3 is 0 Å². The Labute approximate surface area is 107 Å². The zero-order valence-corrected chi connectivity index (χ0v) is 10.0. The van der Waals surface area contributed by atoms with Crippen molar-refractivity contribution < 1.29 is 9.21 Å². The standard InChI is InChI=1S/C13H6Cl2O2/c14-8-2-4-11-10(6-8)9-3-1-7(13(15)16)5-12(9)17-11/h1-6H. The van der Waals surface area contributed by atoms with Crippen molar-refractivity contribution in [3.8, 4) is 0 Å². The van der Waals surface area contributed by atoms with Gasteiger partial charge in [-0.05, 0) is 48.0 Å². The first-order chi connectivity index (χ1) is 8.15. The quantitative estimate of drug-likeness (QED) is 0.601. The summed E-state index contributed by atoms with van der Waals surface area (Å²) in [7, 11) is 0. The molecule has 0 spiro atoms. The van der Waals surface area contributed by atoms with Gasteiger partial charge in [0.15, 0.2) is 0 Å². The van der Waals surface area contributed by atoms with Gasteiger partial charge in [0.1, 0.15) is 11.2 Å². The Morgan fingerprint density at radius 3 is 2.59 bits per heavy atom. The molecule has 0 N–H and O–H groups in total. The van der Waals surface area contributed by atoms with E-state index < -0.39 is 5.24 Å². The lowest BCUT2D eigenvalue weighted by molar-refractivity contribution is 0.108. The van der Waals surface area contributed by atoms with Crippen molar-refractivity contribution >= 4 is 50.4 Å². The topological polar surface area (TPSA) is 30.2 Å². The van der Waals surface area contributed by atoms with E-state index in [-0.39, 0.29) is 0 Å². The summed E-state index contributed by atoms with van der Waals surface area (Å²) in [5.74, 6) is 0. The molecule has 0 unspecified atom stereocenters. The fourth-order valence-corrected chi connectivity index (χ4v) is 2.16. The predicted octanol–water partition coefficient (Wildman–Crippen LogP) is 4.62. The maximum absolute atomic E-state index is 11.1. The van der Waals surface area contributed by atoms with Crippen molar-refractivity contribution in [2.24, 2.45) is 0 Å². The number of rotatable bonds is 1. The number of benzene rings is 2. The van der Waals surface area contributed by atoms with E-state index in [0.29, 0.717) is 16.2 Å². The van der Waals surface area contributed by atoms with Crippen LogP contribution < -0.4 is 0 Å². The Hall–Kier alpha value is -1.51. The van der Waals surface area contributed by atoms with E-state index in [1.165, 1.54) is 0 Å². The van der Waals surface area contributed by atoms with E-state index in [4.69, 9.17) is 27.6 Å². The van der Waals surface area contributed by atoms with Crippen molar-refractivity contribution in [3.05, 3.63) is 47.0 Å². The summed E-state index contributed by atoms with van der Waals surface area (Å²) < 4.78 is 5.63. The highest BCUT2D eigenvalue weighted by molar-refractivity contribution is 6.67. The molecular formula is C13H6Cl2O2. The minimum Gasteiger partial charge on any atom is -0.456 e. The van der Waals surface area contributed by atoms with Gasteiger partial charge < -0.3 is 4.42 Å². The summed E-state index contributed by atoms with van der Waals surface area (Å²) in [6.07, 6.45) is 0. The van der Waals surface area contributed by atoms with Crippen LogP contribution in [0, 0.1) is 0 Å². The van der Waals surface area contributed by atoms with E-state index in [0.717, 1.165) is 16.4 Å². The van der Waals surface area contributed by atoms with Gasteiger partial charge in [0.05, 0.1) is 0 Å². The Bertz CT molecular complexity index is 744. The molecule has 2 nitrogen and oxygen atoms in total. The molecule has 1 aromatic heterocycles. The second-order valence-corrected chi connectivity index (χ2v) is 4.51. The van der Waals surface area contributed by atoms with Crippen molar-refractivity contribution in [2.75, 3.05) is 0 Å². The molecule has 0 aliphatic carbocycles. The lowest BCUT2D eigenvalue weighted by Gasteiger charge is -1.93. The molecule has 2 aromatic carbocycles. The van der Waals surface area contributed by atoms with Gasteiger partial charge in [-0.3, -0.25) is 4.79 Å². The first-order valence-electron chi connectivity index (χ1n) is 4.97. The largest absolute Gasteiger partial charge is 0.456 e. The molecule has 0 fully saturated rings. The number of furan rings is 1. The van der Waals surface area contributed by atoms with Gasteiger partial charge in [-0.15, -0.1) is 0 Å². The fourth-order valence-electron chi connectivity index (χ4n) is 1.87. The average Bonchev–Trinajstić information content (AvgIpc) is 2.66. The minimum absolute atomic E-state index is 0.421. The Morgan fingerprint density at radius 1 is 1.00 bits per heavy atom. The summed E-state index contributed by atoms with van der Waals surface area (Å²) >= 11 is 11.4. The van der Waals surface area contributed by atoms with Crippen LogP contribution in [0.5, 0.6) is 0 Å². The number of fused-ring (bicyclic) bond motifs is 3. The van der Waals surface area contributed by atoms with Crippen LogP contribution in [0.25, 0.3) is 21.9 Å². The Balaban J connectivity index is 2.39. The van der Waals surface area contributed by atoms with Crippen molar-refractivity contribution in [1.82, 2.24) is 0 Å². The lowest BCUT2D eigenvalue weighted by atomic mass is 10.1. The molecular weight excluding hydrogens is 259 g/mol. The van der Waals surface area contributed by atoms with Crippen LogP contribution in [0.4, 0.5) is 0 Å². The SMILES string of the molecule is O=C(Cl)c1ccc2c(c1)oc1ccc(Cl)cc12. The van der Waals surface area contributed by atoms with Crippen LogP contribution in [0.1, 0.15) is 10.4 Å². The molecule has 0 saturated heterocycles. The monoisotopic (exact) mass is 264 g/mol. The zero-order valence-electron chi connectivity index (χ0n) is 8.54. The van der Waals surface area contributed by atoms with Gasteiger partial charge in [-0.1, -0.05) is 11.6 Å². The van der Waals surface area contributed by atoms with E-state index >= 15 is 0 Å². The number of carbonyl (C=O) groups excluding carboxylic acids is 1. The molecule has 0 atom stereocenters. The highest BCUT2D eigenvalue weighted by atomic mass is 35.5. The molecule has 3 aromatic rings. The average molecular weight is 265 g/mol. The third-order valence-electron chi connectivity index (χ3n) is 2.66. The van der Waals surface area contributed by atoms with Crippen LogP contribution in [-0.2, 0) is 0 Å². The normalized spacial score (nSPS) is 11.2. The first-order valence-corrected chi connectivity index (χ1v) is 5.72. The molecule has 84 valence electrons. The van der Waals surface area contributed by atoms with E-state index in [9.17, 15) is 4.79 Å². The zero-order chi connectivity index (χ0) is 12.0. The van der Waals surface area contributed by atoms with Gasteiger partial charge in [0.25, 0.3) is 5.24 Å². The van der Waals surface area contributed by atoms with Crippen molar-refractivity contribution in [1.29, 1.82) is 0 Å². The number of halogens is 2. The molecule has 17 heavy (non-hydrogen) atoms. The van der Waals surface area contributed by atoms with Gasteiger partial charge in [0, 0.05) is 21.4 Å². The third kappa shape index (κ3) is 1.70. The molecule has 0 aliphatic rings. The number of hydrogen-bond donors (Lipinski definition) is 0. The summed E-state index contributed by atoms with van der Waals surface area (Å²) in [6.45, 7) is 0. The maximum Gasteiger partial charge on any atom is 0.252 e. The highest BCUT2D eigenvalue weighted by Crippen LogP contribution is 2.31. The van der Waals surface area contributed by atoms with E-state index in [1.54, 1.807) is 24.3 Å². The Morgan fingerprint density at radius 2 is 1.82 bits per heavy atom. The van der Waals surface area contributed by atoms with Crippen LogP contribution >= 0.6 is 23.2 Å². The smallest absolute Gasteiger partial charge is 0.252 e. The van der Waals surface area contributed by atoms with Gasteiger partial charge in [0.2, 0.25) is 0 Å². The Kier molecular flexibility index (Phi) is 2.35. The molecule has 0 bridgehead atoms. The lowest BCUT2D eigenvalue weighted by Crippen LogP contribution is -1.86. The summed E-state index contributed by atoms with van der Waals surface area (Å²) in [4.78, 5) is 11.1. The van der Waals surface area contributed by atoms with Crippen molar-refractivity contribution in [3.63, 3.8) is 0 Å². The fraction of sp³-hybridized carbons (Fsp3) is 0. The molecule has 1 heterocycles. The second-order valence-electron chi connectivity index (χ2n) is 3.73. The van der Waals surface area contributed by atoms with Gasteiger partial charge in [-0.25, -0.2) is 0 Å². The maximum atomic E-state index is 11.1. The molecule has 0 saturated carbocycles. The van der Waals surface area contributed by atoms with Gasteiger partial charge in [-0.2, -0.15) is 0 Å². The molecule has 4 heteroatoms. The first kappa shape index (κ1) is 10.6. The molecule has 0 aliphatic heterocycles. The molecule has 0 amide bonds. The van der Waals surface area contributed by atoms with Crippen molar-refractivity contribution in [2.45, 2.75) is 0 Å². The van der Waals surface area contributed by atoms with E-state index in [2.05, 4.69) is 0 Å². The van der Waals surface area contributed by atoms with Crippen LogP contribution in [0.15, 0.2) is 40.8 Å². The molecule has 3 rings (SSSR count).